The highest BCUT2D eigenvalue weighted by molar-refractivity contribution is 9.09. The van der Waals surface area contributed by atoms with Gasteiger partial charge >= 0.3 is 0 Å². The van der Waals surface area contributed by atoms with Gasteiger partial charge in [-0.2, -0.15) is 0 Å². The lowest BCUT2D eigenvalue weighted by Gasteiger charge is -2.09. The standard InChI is InChI=1S/C17H18BrNOS/c1-21-16-10-3-2-9-15(16)17(20)19-14-8-4-6-13(12-14)7-5-11-18/h2-4,6,8-10,12H,5,7,11H2,1H3,(H,19,20). The molecule has 0 bridgehead atoms. The van der Waals surface area contributed by atoms with Crippen LogP contribution >= 0.6 is 27.7 Å². The molecule has 21 heavy (non-hydrogen) atoms. The number of amides is 1. The van der Waals surface area contributed by atoms with E-state index < -0.39 is 0 Å². The van der Waals surface area contributed by atoms with Crippen LogP contribution in [0.25, 0.3) is 0 Å². The topological polar surface area (TPSA) is 29.1 Å². The van der Waals surface area contributed by atoms with Crippen molar-refractivity contribution in [2.45, 2.75) is 17.7 Å². The van der Waals surface area contributed by atoms with Crippen LogP contribution in [0, 0.1) is 0 Å². The number of rotatable bonds is 6. The number of thioether (sulfide) groups is 1. The molecule has 0 atom stereocenters. The molecule has 0 aliphatic heterocycles. The van der Waals surface area contributed by atoms with Gasteiger partial charge in [-0.15, -0.1) is 11.8 Å². The van der Waals surface area contributed by atoms with Gasteiger partial charge in [0, 0.05) is 15.9 Å². The van der Waals surface area contributed by atoms with Gasteiger partial charge in [0.05, 0.1) is 5.56 Å². The number of halogens is 1. The van der Waals surface area contributed by atoms with Crippen LogP contribution in [0.5, 0.6) is 0 Å². The fraction of sp³-hybridized carbons (Fsp3) is 0.235. The zero-order valence-electron chi connectivity index (χ0n) is 11.9. The van der Waals surface area contributed by atoms with Crippen LogP contribution in [0.15, 0.2) is 53.4 Å². The third-order valence-electron chi connectivity index (χ3n) is 3.14. The summed E-state index contributed by atoms with van der Waals surface area (Å²) in [7, 11) is 0. The number of alkyl halides is 1. The monoisotopic (exact) mass is 363 g/mol. The maximum atomic E-state index is 12.4. The predicted octanol–water partition coefficient (Wildman–Crippen LogP) is 4.99. The van der Waals surface area contributed by atoms with Crippen LogP contribution in [0.1, 0.15) is 22.3 Å². The fourth-order valence-corrected chi connectivity index (χ4v) is 2.98. The molecule has 0 radical (unpaired) electrons. The first-order chi connectivity index (χ1) is 10.2. The van der Waals surface area contributed by atoms with E-state index in [9.17, 15) is 4.79 Å². The lowest BCUT2D eigenvalue weighted by atomic mass is 10.1. The van der Waals surface area contributed by atoms with E-state index in [2.05, 4.69) is 27.3 Å². The van der Waals surface area contributed by atoms with Gasteiger partial charge < -0.3 is 5.32 Å². The molecule has 0 spiro atoms. The Labute approximate surface area is 138 Å². The molecule has 2 nitrogen and oxygen atoms in total. The van der Waals surface area contributed by atoms with Gasteiger partial charge in [0.1, 0.15) is 0 Å². The average Bonchev–Trinajstić information content (AvgIpc) is 2.53. The van der Waals surface area contributed by atoms with Crippen LogP contribution in [0.4, 0.5) is 5.69 Å². The highest BCUT2D eigenvalue weighted by Gasteiger charge is 2.10. The summed E-state index contributed by atoms with van der Waals surface area (Å²) in [6.07, 6.45) is 4.08. The molecule has 0 aliphatic carbocycles. The van der Waals surface area contributed by atoms with Crippen molar-refractivity contribution in [1.29, 1.82) is 0 Å². The number of hydrogen-bond donors (Lipinski definition) is 1. The Hall–Kier alpha value is -1.26. The minimum atomic E-state index is -0.0578. The number of anilines is 1. The van der Waals surface area contributed by atoms with E-state index in [4.69, 9.17) is 0 Å². The second kappa shape index (κ2) is 8.25. The first-order valence-corrected chi connectivity index (χ1v) is 9.18. The summed E-state index contributed by atoms with van der Waals surface area (Å²) in [5.41, 5.74) is 2.81. The molecule has 1 amide bonds. The van der Waals surface area contributed by atoms with Crippen LogP contribution in [-0.4, -0.2) is 17.5 Å². The lowest BCUT2D eigenvalue weighted by molar-refractivity contribution is 0.102. The second-order valence-electron chi connectivity index (χ2n) is 4.65. The summed E-state index contributed by atoms with van der Waals surface area (Å²) in [4.78, 5) is 13.4. The SMILES string of the molecule is CSc1ccccc1C(=O)Nc1cccc(CCCBr)c1. The number of carbonyl (C=O) groups excluding carboxylic acids is 1. The van der Waals surface area contributed by atoms with Gasteiger partial charge in [-0.05, 0) is 48.9 Å². The number of hydrogen-bond acceptors (Lipinski definition) is 2. The lowest BCUT2D eigenvalue weighted by Crippen LogP contribution is -2.13. The quantitative estimate of drug-likeness (QED) is 0.578. The van der Waals surface area contributed by atoms with E-state index in [-0.39, 0.29) is 5.91 Å². The third-order valence-corrected chi connectivity index (χ3v) is 4.49. The maximum absolute atomic E-state index is 12.4. The summed E-state index contributed by atoms with van der Waals surface area (Å²) in [6.45, 7) is 0. The van der Waals surface area contributed by atoms with E-state index in [1.165, 1.54) is 5.56 Å². The molecule has 0 fully saturated rings. The largest absolute Gasteiger partial charge is 0.322 e. The smallest absolute Gasteiger partial charge is 0.256 e. The average molecular weight is 364 g/mol. The minimum absolute atomic E-state index is 0.0578. The molecular weight excluding hydrogens is 346 g/mol. The molecule has 0 heterocycles. The van der Waals surface area contributed by atoms with Gasteiger partial charge in [-0.3, -0.25) is 4.79 Å². The van der Waals surface area contributed by atoms with Gasteiger partial charge in [0.25, 0.3) is 5.91 Å². The van der Waals surface area contributed by atoms with E-state index in [1.807, 2.05) is 48.7 Å². The fourth-order valence-electron chi connectivity index (χ4n) is 2.11. The summed E-state index contributed by atoms with van der Waals surface area (Å²) < 4.78 is 0. The zero-order valence-corrected chi connectivity index (χ0v) is 14.3. The van der Waals surface area contributed by atoms with Crippen LogP contribution < -0.4 is 5.32 Å². The van der Waals surface area contributed by atoms with Crippen molar-refractivity contribution in [3.05, 3.63) is 59.7 Å². The highest BCUT2D eigenvalue weighted by Crippen LogP contribution is 2.21. The third kappa shape index (κ3) is 4.61. The van der Waals surface area contributed by atoms with Crippen LogP contribution in [-0.2, 0) is 6.42 Å². The Balaban J connectivity index is 2.12. The van der Waals surface area contributed by atoms with E-state index >= 15 is 0 Å². The van der Waals surface area contributed by atoms with Crippen molar-refractivity contribution in [2.75, 3.05) is 16.9 Å². The Morgan fingerprint density at radius 2 is 2.00 bits per heavy atom. The molecule has 0 aromatic heterocycles. The Morgan fingerprint density at radius 3 is 2.76 bits per heavy atom. The van der Waals surface area contributed by atoms with Crippen molar-refractivity contribution in [1.82, 2.24) is 0 Å². The molecule has 0 saturated heterocycles. The minimum Gasteiger partial charge on any atom is -0.322 e. The first-order valence-electron chi connectivity index (χ1n) is 6.84. The van der Waals surface area contributed by atoms with Gasteiger partial charge in [0.15, 0.2) is 0 Å². The Kier molecular flexibility index (Phi) is 6.33. The van der Waals surface area contributed by atoms with Crippen molar-refractivity contribution in [3.63, 3.8) is 0 Å². The number of nitrogens with one attached hydrogen (secondary N) is 1. The van der Waals surface area contributed by atoms with Crippen molar-refractivity contribution < 1.29 is 4.79 Å². The molecule has 1 N–H and O–H groups in total. The van der Waals surface area contributed by atoms with Gasteiger partial charge in [-0.25, -0.2) is 0 Å². The summed E-state index contributed by atoms with van der Waals surface area (Å²) in [5.74, 6) is -0.0578. The molecule has 0 unspecified atom stereocenters. The van der Waals surface area contributed by atoms with Crippen molar-refractivity contribution in [3.8, 4) is 0 Å². The maximum Gasteiger partial charge on any atom is 0.256 e. The van der Waals surface area contributed by atoms with Crippen molar-refractivity contribution in [2.24, 2.45) is 0 Å². The number of carbonyl (C=O) groups is 1. The molecular formula is C17H18BrNOS. The summed E-state index contributed by atoms with van der Waals surface area (Å²) in [6, 6.07) is 15.7. The molecule has 2 aromatic carbocycles. The van der Waals surface area contributed by atoms with E-state index in [1.54, 1.807) is 11.8 Å². The molecule has 0 saturated carbocycles. The number of benzene rings is 2. The molecule has 4 heteroatoms. The van der Waals surface area contributed by atoms with Crippen molar-refractivity contribution >= 4 is 39.3 Å². The second-order valence-corrected chi connectivity index (χ2v) is 6.29. The summed E-state index contributed by atoms with van der Waals surface area (Å²) in [5, 5.41) is 3.98. The molecule has 110 valence electrons. The number of aryl methyl sites for hydroxylation is 1. The predicted molar refractivity (Wildman–Crippen MR) is 94.7 cm³/mol. The van der Waals surface area contributed by atoms with Crippen LogP contribution in [0.2, 0.25) is 0 Å². The summed E-state index contributed by atoms with van der Waals surface area (Å²) >= 11 is 5.02. The Morgan fingerprint density at radius 1 is 1.19 bits per heavy atom. The van der Waals surface area contributed by atoms with Crippen LogP contribution in [0.3, 0.4) is 0 Å². The molecule has 0 aliphatic rings. The van der Waals surface area contributed by atoms with Gasteiger partial charge in [0.2, 0.25) is 0 Å². The van der Waals surface area contributed by atoms with Gasteiger partial charge in [-0.1, -0.05) is 40.2 Å². The first kappa shape index (κ1) is 16.1. The zero-order chi connectivity index (χ0) is 15.1. The van der Waals surface area contributed by atoms with E-state index in [0.717, 1.165) is 34.3 Å². The molecule has 2 rings (SSSR count). The molecule has 2 aromatic rings. The van der Waals surface area contributed by atoms with E-state index in [0.29, 0.717) is 0 Å². The Bertz CT molecular complexity index is 615. The highest BCUT2D eigenvalue weighted by atomic mass is 79.9. The normalized spacial score (nSPS) is 10.4.